The van der Waals surface area contributed by atoms with Gasteiger partial charge in [0.05, 0.1) is 7.11 Å². The Morgan fingerprint density at radius 3 is 2.82 bits per heavy atom. The van der Waals surface area contributed by atoms with Crippen LogP contribution >= 0.6 is 0 Å². The van der Waals surface area contributed by atoms with Gasteiger partial charge in [0.1, 0.15) is 0 Å². The fourth-order valence-corrected chi connectivity index (χ4v) is 2.01. The number of carbonyl (C=O) groups excluding carboxylic acids is 1. The molecule has 0 unspecified atom stereocenters. The number of ether oxygens (including phenoxy) is 3. The summed E-state index contributed by atoms with van der Waals surface area (Å²) in [5.41, 5.74) is 1.31. The standard InChI is InChI=1S/C17H13NO4/c1-20-14-9-13(10-15-17(14)22-11-21-15)18-16(19)8-7-12-5-3-2-4-6-12/h2-6,9-10H,11H2,1H3,(H,18,19). The highest BCUT2D eigenvalue weighted by Gasteiger charge is 2.20. The molecule has 1 amide bonds. The smallest absolute Gasteiger partial charge is 0.300 e. The molecule has 1 aliphatic heterocycles. The van der Waals surface area contributed by atoms with Gasteiger partial charge in [-0.1, -0.05) is 24.1 Å². The summed E-state index contributed by atoms with van der Waals surface area (Å²) in [6.45, 7) is 0.136. The van der Waals surface area contributed by atoms with Crippen molar-refractivity contribution in [1.82, 2.24) is 0 Å². The molecule has 0 radical (unpaired) electrons. The normalized spacial score (nSPS) is 11.3. The van der Waals surface area contributed by atoms with Crippen molar-refractivity contribution < 1.29 is 19.0 Å². The third-order valence-electron chi connectivity index (χ3n) is 3.01. The van der Waals surface area contributed by atoms with E-state index in [2.05, 4.69) is 17.2 Å². The molecule has 0 atom stereocenters. The Hall–Kier alpha value is -3.13. The molecular weight excluding hydrogens is 282 g/mol. The molecule has 5 nitrogen and oxygen atoms in total. The summed E-state index contributed by atoms with van der Waals surface area (Å²) in [5, 5.41) is 2.69. The van der Waals surface area contributed by atoms with Crippen molar-refractivity contribution in [2.45, 2.75) is 0 Å². The summed E-state index contributed by atoms with van der Waals surface area (Å²) in [5.74, 6) is 6.50. The maximum atomic E-state index is 11.9. The van der Waals surface area contributed by atoms with Crippen molar-refractivity contribution in [3.05, 3.63) is 48.0 Å². The average molecular weight is 295 g/mol. The van der Waals surface area contributed by atoms with Crippen LogP contribution in [0.4, 0.5) is 5.69 Å². The molecule has 0 bridgehead atoms. The second kappa shape index (κ2) is 6.10. The first-order valence-corrected chi connectivity index (χ1v) is 6.62. The lowest BCUT2D eigenvalue weighted by Crippen LogP contribution is -2.08. The van der Waals surface area contributed by atoms with E-state index in [0.717, 1.165) is 5.56 Å². The Morgan fingerprint density at radius 2 is 2.05 bits per heavy atom. The van der Waals surface area contributed by atoms with Crippen molar-refractivity contribution in [3.63, 3.8) is 0 Å². The highest BCUT2D eigenvalue weighted by atomic mass is 16.7. The predicted octanol–water partition coefficient (Wildman–Crippen LogP) is 2.41. The molecule has 0 aromatic heterocycles. The van der Waals surface area contributed by atoms with E-state index in [0.29, 0.717) is 22.9 Å². The number of amides is 1. The molecule has 3 rings (SSSR count). The summed E-state index contributed by atoms with van der Waals surface area (Å²) in [4.78, 5) is 11.9. The third-order valence-corrected chi connectivity index (χ3v) is 3.01. The van der Waals surface area contributed by atoms with E-state index in [1.807, 2.05) is 30.3 Å². The Balaban J connectivity index is 1.76. The summed E-state index contributed by atoms with van der Waals surface area (Å²) in [6.07, 6.45) is 0. The first-order valence-electron chi connectivity index (χ1n) is 6.62. The van der Waals surface area contributed by atoms with Crippen LogP contribution in [0.2, 0.25) is 0 Å². The van der Waals surface area contributed by atoms with Crippen molar-refractivity contribution in [3.8, 4) is 29.1 Å². The Bertz CT molecular complexity index is 759. The molecule has 5 heteroatoms. The van der Waals surface area contributed by atoms with Gasteiger partial charge < -0.3 is 19.5 Å². The second-order valence-electron chi connectivity index (χ2n) is 4.48. The van der Waals surface area contributed by atoms with Crippen LogP contribution in [-0.2, 0) is 4.79 Å². The van der Waals surface area contributed by atoms with Crippen molar-refractivity contribution in [2.24, 2.45) is 0 Å². The van der Waals surface area contributed by atoms with Gasteiger partial charge in [-0.25, -0.2) is 0 Å². The molecule has 0 saturated carbocycles. The van der Waals surface area contributed by atoms with Gasteiger partial charge in [0.15, 0.2) is 11.5 Å². The monoisotopic (exact) mass is 295 g/mol. The molecule has 2 aromatic rings. The largest absolute Gasteiger partial charge is 0.493 e. The van der Waals surface area contributed by atoms with Crippen molar-refractivity contribution >= 4 is 11.6 Å². The third kappa shape index (κ3) is 2.96. The zero-order chi connectivity index (χ0) is 15.4. The zero-order valence-electron chi connectivity index (χ0n) is 11.9. The minimum absolute atomic E-state index is 0.136. The van der Waals surface area contributed by atoms with Crippen LogP contribution in [0.3, 0.4) is 0 Å². The molecular formula is C17H13NO4. The van der Waals surface area contributed by atoms with Crippen LogP contribution in [0.25, 0.3) is 0 Å². The first-order chi connectivity index (χ1) is 10.8. The Morgan fingerprint density at radius 1 is 1.23 bits per heavy atom. The molecule has 1 aliphatic rings. The van der Waals surface area contributed by atoms with E-state index in [1.54, 1.807) is 12.1 Å². The second-order valence-corrected chi connectivity index (χ2v) is 4.48. The van der Waals surface area contributed by atoms with E-state index in [-0.39, 0.29) is 6.79 Å². The number of methoxy groups -OCH3 is 1. The summed E-state index contributed by atoms with van der Waals surface area (Å²) < 4.78 is 15.8. The maximum Gasteiger partial charge on any atom is 0.300 e. The zero-order valence-corrected chi connectivity index (χ0v) is 11.9. The summed E-state index contributed by atoms with van der Waals surface area (Å²) >= 11 is 0. The lowest BCUT2D eigenvalue weighted by atomic mass is 10.2. The van der Waals surface area contributed by atoms with Crippen LogP contribution in [0.5, 0.6) is 17.2 Å². The van der Waals surface area contributed by atoms with Crippen molar-refractivity contribution in [2.75, 3.05) is 19.2 Å². The van der Waals surface area contributed by atoms with Crippen LogP contribution < -0.4 is 19.5 Å². The van der Waals surface area contributed by atoms with Gasteiger partial charge in [-0.05, 0) is 12.1 Å². The highest BCUT2D eigenvalue weighted by molar-refractivity contribution is 6.04. The van der Waals surface area contributed by atoms with Crippen LogP contribution in [0.15, 0.2) is 42.5 Å². The molecule has 0 saturated heterocycles. The van der Waals surface area contributed by atoms with Gasteiger partial charge in [0.25, 0.3) is 0 Å². The minimum atomic E-state index is -0.412. The van der Waals surface area contributed by atoms with Gasteiger partial charge >= 0.3 is 5.91 Å². The molecule has 1 heterocycles. The molecule has 22 heavy (non-hydrogen) atoms. The Labute approximate surface area is 127 Å². The van der Waals surface area contributed by atoms with Crippen molar-refractivity contribution in [1.29, 1.82) is 0 Å². The van der Waals surface area contributed by atoms with E-state index in [9.17, 15) is 4.79 Å². The lowest BCUT2D eigenvalue weighted by molar-refractivity contribution is -0.111. The van der Waals surface area contributed by atoms with Crippen LogP contribution in [0.1, 0.15) is 5.56 Å². The predicted molar refractivity (Wildman–Crippen MR) is 81.1 cm³/mol. The minimum Gasteiger partial charge on any atom is -0.493 e. The van der Waals surface area contributed by atoms with E-state index < -0.39 is 5.91 Å². The number of rotatable bonds is 2. The van der Waals surface area contributed by atoms with Gasteiger partial charge in [0.2, 0.25) is 12.5 Å². The van der Waals surface area contributed by atoms with Gasteiger partial charge in [-0.15, -0.1) is 0 Å². The molecule has 0 spiro atoms. The number of hydrogen-bond acceptors (Lipinski definition) is 4. The number of benzene rings is 2. The topological polar surface area (TPSA) is 56.8 Å². The molecule has 1 N–H and O–H groups in total. The van der Waals surface area contributed by atoms with Gasteiger partial charge in [-0.2, -0.15) is 0 Å². The fourth-order valence-electron chi connectivity index (χ4n) is 2.01. The van der Waals surface area contributed by atoms with E-state index in [1.165, 1.54) is 7.11 Å². The lowest BCUT2D eigenvalue weighted by Gasteiger charge is -2.07. The van der Waals surface area contributed by atoms with E-state index in [4.69, 9.17) is 14.2 Å². The first kappa shape index (κ1) is 13.8. The number of carbonyl (C=O) groups is 1. The molecule has 110 valence electrons. The summed E-state index contributed by atoms with van der Waals surface area (Å²) in [7, 11) is 1.53. The molecule has 0 aliphatic carbocycles. The van der Waals surface area contributed by atoms with Gasteiger partial charge in [-0.3, -0.25) is 4.79 Å². The highest BCUT2D eigenvalue weighted by Crippen LogP contribution is 2.43. The van der Waals surface area contributed by atoms with Gasteiger partial charge in [0, 0.05) is 29.3 Å². The van der Waals surface area contributed by atoms with Crippen LogP contribution in [0, 0.1) is 11.8 Å². The fraction of sp³-hybridized carbons (Fsp3) is 0.118. The molecule has 0 fully saturated rings. The number of fused-ring (bicyclic) bond motifs is 1. The number of nitrogens with one attached hydrogen (secondary N) is 1. The number of hydrogen-bond donors (Lipinski definition) is 1. The summed E-state index contributed by atoms with van der Waals surface area (Å²) in [6, 6.07) is 12.6. The van der Waals surface area contributed by atoms with Crippen LogP contribution in [-0.4, -0.2) is 19.8 Å². The average Bonchev–Trinajstić information content (AvgIpc) is 3.01. The quantitative estimate of drug-likeness (QED) is 0.864. The number of anilines is 1. The van der Waals surface area contributed by atoms with E-state index >= 15 is 0 Å². The molecule has 2 aromatic carbocycles. The SMILES string of the molecule is COc1cc(NC(=O)C#Cc2ccccc2)cc2c1OCO2. The Kier molecular flexibility index (Phi) is 3.84. The maximum absolute atomic E-state index is 11.9.